The largest absolute Gasteiger partial charge is 0.0649 e. The molecular weight excluding hydrogens is 132 g/mol. The van der Waals surface area contributed by atoms with Gasteiger partial charge in [0, 0.05) is 0 Å². The van der Waals surface area contributed by atoms with E-state index in [0.29, 0.717) is 5.41 Å². The molecule has 0 amide bonds. The molecule has 0 heteroatoms. The van der Waals surface area contributed by atoms with Crippen LogP contribution in [-0.4, -0.2) is 0 Å². The summed E-state index contributed by atoms with van der Waals surface area (Å²) in [6.45, 7) is 9.66. The maximum Gasteiger partial charge on any atom is -0.0300 e. The van der Waals surface area contributed by atoms with Gasteiger partial charge < -0.3 is 0 Å². The highest BCUT2D eigenvalue weighted by molar-refractivity contribution is 4.85. The molecule has 0 bridgehead atoms. The summed E-state index contributed by atoms with van der Waals surface area (Å²) in [6.07, 6.45) is 5.72. The van der Waals surface area contributed by atoms with Crippen molar-refractivity contribution in [2.24, 2.45) is 17.3 Å². The highest BCUT2D eigenvalue weighted by Gasteiger charge is 2.35. The topological polar surface area (TPSA) is 0 Å². The van der Waals surface area contributed by atoms with Crippen LogP contribution in [0.25, 0.3) is 0 Å². The van der Waals surface area contributed by atoms with E-state index >= 15 is 0 Å². The average Bonchev–Trinajstić information content (AvgIpc) is 2.00. The molecule has 66 valence electrons. The van der Waals surface area contributed by atoms with E-state index in [9.17, 15) is 0 Å². The van der Waals surface area contributed by atoms with Crippen LogP contribution in [0.15, 0.2) is 0 Å². The molecule has 0 aromatic rings. The molecule has 1 saturated carbocycles. The van der Waals surface area contributed by atoms with E-state index < -0.39 is 0 Å². The van der Waals surface area contributed by atoms with Crippen LogP contribution >= 0.6 is 0 Å². The monoisotopic (exact) mass is 154 g/mol. The van der Waals surface area contributed by atoms with Crippen molar-refractivity contribution in [2.45, 2.75) is 53.4 Å². The third kappa shape index (κ3) is 1.60. The lowest BCUT2D eigenvalue weighted by Crippen LogP contribution is -2.33. The summed E-state index contributed by atoms with van der Waals surface area (Å²) in [4.78, 5) is 0. The molecular formula is C11H22. The highest BCUT2D eigenvalue weighted by Crippen LogP contribution is 2.45. The standard InChI is InChI=1S/C11H22/c1-5-11(4)8-6-7-9(2)10(11)3/h9-10H,5-8H2,1-4H3. The van der Waals surface area contributed by atoms with Crippen molar-refractivity contribution in [1.82, 2.24) is 0 Å². The summed E-state index contributed by atoms with van der Waals surface area (Å²) in [5.74, 6) is 1.88. The van der Waals surface area contributed by atoms with Crippen LogP contribution in [0.1, 0.15) is 53.4 Å². The summed E-state index contributed by atoms with van der Waals surface area (Å²) in [6, 6.07) is 0. The van der Waals surface area contributed by atoms with Crippen LogP contribution in [0.5, 0.6) is 0 Å². The molecule has 3 atom stereocenters. The molecule has 0 spiro atoms. The third-order valence-corrected chi connectivity index (χ3v) is 4.17. The van der Waals surface area contributed by atoms with Gasteiger partial charge in [-0.05, 0) is 23.7 Å². The molecule has 0 nitrogen and oxygen atoms in total. The van der Waals surface area contributed by atoms with E-state index in [0.717, 1.165) is 11.8 Å². The van der Waals surface area contributed by atoms with Crippen LogP contribution in [0, 0.1) is 17.3 Å². The van der Waals surface area contributed by atoms with Gasteiger partial charge in [-0.1, -0.05) is 47.0 Å². The zero-order valence-corrected chi connectivity index (χ0v) is 8.48. The fourth-order valence-corrected chi connectivity index (χ4v) is 2.49. The van der Waals surface area contributed by atoms with Gasteiger partial charge in [-0.25, -0.2) is 0 Å². The van der Waals surface area contributed by atoms with Crippen molar-refractivity contribution in [3.05, 3.63) is 0 Å². The number of rotatable bonds is 1. The quantitative estimate of drug-likeness (QED) is 0.538. The Balaban J connectivity index is 2.64. The first-order valence-corrected chi connectivity index (χ1v) is 5.10. The molecule has 3 unspecified atom stereocenters. The molecule has 0 aliphatic heterocycles. The molecule has 11 heavy (non-hydrogen) atoms. The molecule has 0 aromatic carbocycles. The lowest BCUT2D eigenvalue weighted by atomic mass is 9.63. The van der Waals surface area contributed by atoms with E-state index in [-0.39, 0.29) is 0 Å². The molecule has 0 N–H and O–H groups in total. The van der Waals surface area contributed by atoms with Crippen LogP contribution < -0.4 is 0 Å². The van der Waals surface area contributed by atoms with E-state index in [4.69, 9.17) is 0 Å². The van der Waals surface area contributed by atoms with Gasteiger partial charge in [-0.2, -0.15) is 0 Å². The maximum absolute atomic E-state index is 2.47. The Morgan fingerprint density at radius 2 is 2.00 bits per heavy atom. The number of hydrogen-bond donors (Lipinski definition) is 0. The van der Waals surface area contributed by atoms with E-state index in [1.807, 2.05) is 0 Å². The van der Waals surface area contributed by atoms with Crippen LogP contribution in [0.2, 0.25) is 0 Å². The lowest BCUT2D eigenvalue weighted by molar-refractivity contribution is 0.0762. The van der Waals surface area contributed by atoms with E-state index in [2.05, 4.69) is 27.7 Å². The summed E-state index contributed by atoms with van der Waals surface area (Å²) in [5.41, 5.74) is 0.650. The minimum Gasteiger partial charge on any atom is -0.0649 e. The summed E-state index contributed by atoms with van der Waals surface area (Å²) in [7, 11) is 0. The predicted octanol–water partition coefficient (Wildman–Crippen LogP) is 3.86. The third-order valence-electron chi connectivity index (χ3n) is 4.17. The first-order chi connectivity index (χ1) is 5.10. The van der Waals surface area contributed by atoms with Gasteiger partial charge in [0.15, 0.2) is 0 Å². The second kappa shape index (κ2) is 3.16. The minimum absolute atomic E-state index is 0.650. The zero-order valence-electron chi connectivity index (χ0n) is 8.48. The Morgan fingerprint density at radius 1 is 1.36 bits per heavy atom. The fraction of sp³-hybridized carbons (Fsp3) is 1.00. The van der Waals surface area contributed by atoms with Crippen molar-refractivity contribution < 1.29 is 0 Å². The summed E-state index contributed by atoms with van der Waals surface area (Å²) in [5, 5.41) is 0. The minimum atomic E-state index is 0.650. The molecule has 0 aromatic heterocycles. The van der Waals surface area contributed by atoms with Crippen LogP contribution in [-0.2, 0) is 0 Å². The van der Waals surface area contributed by atoms with Crippen molar-refractivity contribution in [3.8, 4) is 0 Å². The molecule has 0 radical (unpaired) electrons. The molecule has 0 heterocycles. The predicted molar refractivity (Wildman–Crippen MR) is 50.6 cm³/mol. The normalized spacial score (nSPS) is 45.8. The Kier molecular flexibility index (Phi) is 2.61. The van der Waals surface area contributed by atoms with Crippen LogP contribution in [0.3, 0.4) is 0 Å². The Bertz CT molecular complexity index is 128. The SMILES string of the molecule is CCC1(C)CCCC(C)C1C. The molecule has 1 fully saturated rings. The second-order valence-corrected chi connectivity index (χ2v) is 4.67. The lowest BCUT2D eigenvalue weighted by Gasteiger charge is -2.43. The summed E-state index contributed by atoms with van der Waals surface area (Å²) < 4.78 is 0. The fourth-order valence-electron chi connectivity index (χ4n) is 2.49. The van der Waals surface area contributed by atoms with Gasteiger partial charge in [0.2, 0.25) is 0 Å². The van der Waals surface area contributed by atoms with Crippen molar-refractivity contribution >= 4 is 0 Å². The Morgan fingerprint density at radius 3 is 2.45 bits per heavy atom. The zero-order chi connectivity index (χ0) is 8.48. The first-order valence-electron chi connectivity index (χ1n) is 5.10. The van der Waals surface area contributed by atoms with Gasteiger partial charge in [-0.15, -0.1) is 0 Å². The van der Waals surface area contributed by atoms with Gasteiger partial charge in [0.05, 0.1) is 0 Å². The van der Waals surface area contributed by atoms with Crippen molar-refractivity contribution in [3.63, 3.8) is 0 Å². The van der Waals surface area contributed by atoms with Crippen LogP contribution in [0.4, 0.5) is 0 Å². The van der Waals surface area contributed by atoms with E-state index in [1.54, 1.807) is 0 Å². The first kappa shape index (κ1) is 9.09. The van der Waals surface area contributed by atoms with Gasteiger partial charge in [-0.3, -0.25) is 0 Å². The molecule has 1 rings (SSSR count). The average molecular weight is 154 g/mol. The Labute approximate surface area is 71.4 Å². The maximum atomic E-state index is 2.47. The molecule has 1 aliphatic rings. The van der Waals surface area contributed by atoms with E-state index in [1.165, 1.54) is 25.7 Å². The molecule has 1 aliphatic carbocycles. The summed E-state index contributed by atoms with van der Waals surface area (Å²) >= 11 is 0. The van der Waals surface area contributed by atoms with Crippen molar-refractivity contribution in [1.29, 1.82) is 0 Å². The Hall–Kier alpha value is 0. The molecule has 0 saturated heterocycles. The second-order valence-electron chi connectivity index (χ2n) is 4.67. The van der Waals surface area contributed by atoms with Gasteiger partial charge >= 0.3 is 0 Å². The van der Waals surface area contributed by atoms with Gasteiger partial charge in [0.1, 0.15) is 0 Å². The smallest absolute Gasteiger partial charge is 0.0300 e. The number of hydrogen-bond acceptors (Lipinski definition) is 0. The highest BCUT2D eigenvalue weighted by atomic mass is 14.4. The van der Waals surface area contributed by atoms with Crippen molar-refractivity contribution in [2.75, 3.05) is 0 Å². The van der Waals surface area contributed by atoms with Gasteiger partial charge in [0.25, 0.3) is 0 Å².